The van der Waals surface area contributed by atoms with Gasteiger partial charge in [0.1, 0.15) is 0 Å². The molecule has 0 aliphatic carbocycles. The van der Waals surface area contributed by atoms with E-state index in [1.165, 1.54) is 90.6 Å². The van der Waals surface area contributed by atoms with E-state index in [4.69, 9.17) is 0 Å². The summed E-state index contributed by atoms with van der Waals surface area (Å²) in [6.45, 7) is 4.10. The highest BCUT2D eigenvalue weighted by Crippen LogP contribution is 2.13. The standard InChI is InChI=1S/C20H38O2/c1-4-5-6-7-8-9-10-11-12-13-14-15-16-17-18-19(2)20(21)22-3/h18H,4-17H2,1-3H3. The molecule has 2 nitrogen and oxygen atoms in total. The molecule has 0 aliphatic heterocycles. The van der Waals surface area contributed by atoms with E-state index in [0.717, 1.165) is 12.0 Å². The minimum Gasteiger partial charge on any atom is -0.466 e. The third-order valence-electron chi connectivity index (χ3n) is 4.27. The van der Waals surface area contributed by atoms with Crippen LogP contribution in [0, 0.1) is 0 Å². The van der Waals surface area contributed by atoms with Crippen LogP contribution in [0.4, 0.5) is 0 Å². The van der Waals surface area contributed by atoms with Crippen LogP contribution in [-0.2, 0) is 9.53 Å². The molecule has 0 spiro atoms. The van der Waals surface area contributed by atoms with E-state index in [1.54, 1.807) is 0 Å². The van der Waals surface area contributed by atoms with Gasteiger partial charge in [-0.2, -0.15) is 0 Å². The van der Waals surface area contributed by atoms with Gasteiger partial charge in [-0.1, -0.05) is 90.0 Å². The Balaban J connectivity index is 3.19. The number of carbonyl (C=O) groups excluding carboxylic acids is 1. The first-order valence-corrected chi connectivity index (χ1v) is 9.47. The number of allylic oxidation sites excluding steroid dienone is 1. The summed E-state index contributed by atoms with van der Waals surface area (Å²) < 4.78 is 4.67. The molecule has 0 amide bonds. The van der Waals surface area contributed by atoms with Crippen LogP contribution in [0.2, 0.25) is 0 Å². The van der Waals surface area contributed by atoms with E-state index in [0.29, 0.717) is 0 Å². The molecule has 0 aromatic heterocycles. The van der Waals surface area contributed by atoms with Crippen LogP contribution < -0.4 is 0 Å². The largest absolute Gasteiger partial charge is 0.466 e. The van der Waals surface area contributed by atoms with Crippen LogP contribution in [0.5, 0.6) is 0 Å². The second-order valence-electron chi connectivity index (χ2n) is 6.41. The van der Waals surface area contributed by atoms with Crippen LogP contribution in [-0.4, -0.2) is 13.1 Å². The Hall–Kier alpha value is -0.790. The summed E-state index contributed by atoms with van der Waals surface area (Å²) in [5.74, 6) is -0.199. The molecule has 0 heterocycles. The fourth-order valence-electron chi connectivity index (χ4n) is 2.72. The molecule has 2 heteroatoms. The predicted octanol–water partition coefficient (Wildman–Crippen LogP) is 6.59. The molecule has 0 saturated carbocycles. The zero-order valence-corrected chi connectivity index (χ0v) is 15.3. The summed E-state index contributed by atoms with van der Waals surface area (Å²) in [4.78, 5) is 11.2. The van der Waals surface area contributed by atoms with E-state index in [9.17, 15) is 4.79 Å². The van der Waals surface area contributed by atoms with Crippen molar-refractivity contribution in [2.75, 3.05) is 7.11 Å². The molecule has 0 radical (unpaired) electrons. The average molecular weight is 311 g/mol. The minimum atomic E-state index is -0.199. The summed E-state index contributed by atoms with van der Waals surface area (Å²) >= 11 is 0. The topological polar surface area (TPSA) is 26.3 Å². The lowest BCUT2D eigenvalue weighted by Gasteiger charge is -2.03. The highest BCUT2D eigenvalue weighted by molar-refractivity contribution is 5.87. The minimum absolute atomic E-state index is 0.199. The molecule has 22 heavy (non-hydrogen) atoms. The second kappa shape index (κ2) is 16.6. The molecule has 130 valence electrons. The number of ether oxygens (including phenoxy) is 1. The van der Waals surface area contributed by atoms with Gasteiger partial charge in [-0.3, -0.25) is 0 Å². The van der Waals surface area contributed by atoms with Gasteiger partial charge < -0.3 is 4.74 Å². The normalized spacial score (nSPS) is 11.7. The Morgan fingerprint density at radius 2 is 1.18 bits per heavy atom. The lowest BCUT2D eigenvalue weighted by Crippen LogP contribution is -2.01. The second-order valence-corrected chi connectivity index (χ2v) is 6.41. The molecule has 0 atom stereocenters. The van der Waals surface area contributed by atoms with Gasteiger partial charge >= 0.3 is 5.97 Å². The van der Waals surface area contributed by atoms with Crippen molar-refractivity contribution in [2.45, 2.75) is 104 Å². The molecule has 0 aliphatic rings. The monoisotopic (exact) mass is 310 g/mol. The van der Waals surface area contributed by atoms with Crippen molar-refractivity contribution < 1.29 is 9.53 Å². The number of esters is 1. The Labute approximate surface area is 138 Å². The SMILES string of the molecule is CCCCCCCCCCCCCCCC=C(C)C(=O)OC. The van der Waals surface area contributed by atoms with Crippen molar-refractivity contribution in [3.05, 3.63) is 11.6 Å². The molecule has 0 aromatic rings. The number of hydrogen-bond acceptors (Lipinski definition) is 2. The highest BCUT2D eigenvalue weighted by Gasteiger charge is 2.01. The van der Waals surface area contributed by atoms with E-state index >= 15 is 0 Å². The molecule has 0 saturated heterocycles. The summed E-state index contributed by atoms with van der Waals surface area (Å²) in [5, 5.41) is 0. The Morgan fingerprint density at radius 3 is 1.59 bits per heavy atom. The maximum atomic E-state index is 11.2. The molecule has 0 unspecified atom stereocenters. The highest BCUT2D eigenvalue weighted by atomic mass is 16.5. The summed E-state index contributed by atoms with van der Waals surface area (Å²) in [7, 11) is 1.44. The van der Waals surface area contributed by atoms with Crippen molar-refractivity contribution in [3.63, 3.8) is 0 Å². The molecule has 0 fully saturated rings. The Bertz CT molecular complexity index is 281. The van der Waals surface area contributed by atoms with Crippen LogP contribution in [0.25, 0.3) is 0 Å². The molecular weight excluding hydrogens is 272 g/mol. The third-order valence-corrected chi connectivity index (χ3v) is 4.27. The van der Waals surface area contributed by atoms with Crippen LogP contribution in [0.1, 0.15) is 104 Å². The maximum Gasteiger partial charge on any atom is 0.333 e. The van der Waals surface area contributed by atoms with E-state index in [1.807, 2.05) is 13.0 Å². The number of hydrogen-bond donors (Lipinski definition) is 0. The van der Waals surface area contributed by atoms with E-state index in [-0.39, 0.29) is 5.97 Å². The fraction of sp³-hybridized carbons (Fsp3) is 0.850. The van der Waals surface area contributed by atoms with Crippen molar-refractivity contribution in [2.24, 2.45) is 0 Å². The van der Waals surface area contributed by atoms with Crippen LogP contribution in [0.3, 0.4) is 0 Å². The third kappa shape index (κ3) is 14.2. The first-order valence-electron chi connectivity index (χ1n) is 9.47. The van der Waals surface area contributed by atoms with Crippen molar-refractivity contribution in [1.29, 1.82) is 0 Å². The lowest BCUT2D eigenvalue weighted by atomic mass is 10.0. The van der Waals surface area contributed by atoms with E-state index in [2.05, 4.69) is 11.7 Å². The molecule has 0 N–H and O–H groups in total. The number of methoxy groups -OCH3 is 1. The van der Waals surface area contributed by atoms with Gasteiger partial charge in [0.05, 0.1) is 7.11 Å². The number of carbonyl (C=O) groups is 1. The Kier molecular flexibility index (Phi) is 16.0. The summed E-state index contributed by atoms with van der Waals surface area (Å²) in [6.07, 6.45) is 20.9. The van der Waals surface area contributed by atoms with Gasteiger partial charge in [0, 0.05) is 5.57 Å². The smallest absolute Gasteiger partial charge is 0.333 e. The number of unbranched alkanes of at least 4 members (excludes halogenated alkanes) is 13. The van der Waals surface area contributed by atoms with Gasteiger partial charge in [-0.15, -0.1) is 0 Å². The maximum absolute atomic E-state index is 11.2. The van der Waals surface area contributed by atoms with Crippen LogP contribution in [0.15, 0.2) is 11.6 Å². The van der Waals surface area contributed by atoms with Gasteiger partial charge in [0.15, 0.2) is 0 Å². The van der Waals surface area contributed by atoms with Crippen molar-refractivity contribution in [1.82, 2.24) is 0 Å². The Morgan fingerprint density at radius 1 is 0.773 bits per heavy atom. The fourth-order valence-corrected chi connectivity index (χ4v) is 2.72. The molecule has 0 aromatic carbocycles. The van der Waals surface area contributed by atoms with Crippen LogP contribution >= 0.6 is 0 Å². The quantitative estimate of drug-likeness (QED) is 0.194. The zero-order chi connectivity index (χ0) is 16.5. The van der Waals surface area contributed by atoms with Gasteiger partial charge in [-0.05, 0) is 19.8 Å². The first-order chi connectivity index (χ1) is 10.7. The van der Waals surface area contributed by atoms with Crippen molar-refractivity contribution >= 4 is 5.97 Å². The summed E-state index contributed by atoms with van der Waals surface area (Å²) in [5.41, 5.74) is 0.737. The lowest BCUT2D eigenvalue weighted by molar-refractivity contribution is -0.136. The first kappa shape index (κ1) is 21.2. The van der Waals surface area contributed by atoms with Gasteiger partial charge in [-0.25, -0.2) is 4.79 Å². The zero-order valence-electron chi connectivity index (χ0n) is 15.3. The average Bonchev–Trinajstić information content (AvgIpc) is 2.54. The van der Waals surface area contributed by atoms with E-state index < -0.39 is 0 Å². The van der Waals surface area contributed by atoms with Gasteiger partial charge in [0.25, 0.3) is 0 Å². The van der Waals surface area contributed by atoms with Crippen molar-refractivity contribution in [3.8, 4) is 0 Å². The molecule has 0 rings (SSSR count). The molecular formula is C20H38O2. The summed E-state index contributed by atoms with van der Waals surface area (Å²) in [6, 6.07) is 0. The van der Waals surface area contributed by atoms with Gasteiger partial charge in [0.2, 0.25) is 0 Å². The number of rotatable bonds is 15. The molecule has 0 bridgehead atoms. The predicted molar refractivity (Wildman–Crippen MR) is 96.1 cm³/mol.